The quantitative estimate of drug-likeness (QED) is 0.646. The van der Waals surface area contributed by atoms with E-state index in [0.717, 1.165) is 0 Å². The minimum atomic E-state index is -1.78. The van der Waals surface area contributed by atoms with Gasteiger partial charge in [0.2, 0.25) is 0 Å². The van der Waals surface area contributed by atoms with Crippen molar-refractivity contribution in [3.63, 3.8) is 0 Å². The number of rotatable bonds is 5. The van der Waals surface area contributed by atoms with Gasteiger partial charge in [0.15, 0.2) is 6.35 Å². The standard InChI is InChI=1S/C20H20OP.ClH2/c1-21-17-22(18-11-5-2-6-12-18,19-13-7-3-8-14-19)20-15-9-4-10-16-20;/h2-16H,17H2,1H3;1H2/q2*+1. The van der Waals surface area contributed by atoms with Crippen molar-refractivity contribution < 1.29 is 17.1 Å². The SMILES string of the molecule is COC[P+](c1ccccc1)(c1ccccc1)c1ccccc1.[ClH2+]. The summed E-state index contributed by atoms with van der Waals surface area (Å²) < 4.78 is 5.72. The third kappa shape index (κ3) is 3.48. The van der Waals surface area contributed by atoms with E-state index in [9.17, 15) is 0 Å². The fourth-order valence-corrected chi connectivity index (χ4v) is 6.68. The third-order valence-electron chi connectivity index (χ3n) is 3.91. The maximum absolute atomic E-state index is 5.72. The van der Waals surface area contributed by atoms with Crippen molar-refractivity contribution in [1.82, 2.24) is 0 Å². The lowest BCUT2D eigenvalue weighted by molar-refractivity contribution is -0.00000450. The molecule has 0 N–H and O–H groups in total. The van der Waals surface area contributed by atoms with Gasteiger partial charge in [-0.05, 0) is 36.4 Å². The average molecular weight is 345 g/mol. The second-order valence-corrected chi connectivity index (χ2v) is 8.66. The zero-order valence-corrected chi connectivity index (χ0v) is 15.0. The monoisotopic (exact) mass is 344 g/mol. The van der Waals surface area contributed by atoms with E-state index >= 15 is 0 Å². The van der Waals surface area contributed by atoms with Gasteiger partial charge in [0, 0.05) is 7.11 Å². The molecule has 118 valence electrons. The van der Waals surface area contributed by atoms with Crippen molar-refractivity contribution in [2.75, 3.05) is 13.5 Å². The van der Waals surface area contributed by atoms with Crippen molar-refractivity contribution in [2.45, 2.75) is 0 Å². The lowest BCUT2D eigenvalue weighted by Crippen LogP contribution is -2.33. The lowest BCUT2D eigenvalue weighted by Gasteiger charge is -2.26. The molecule has 1 nitrogen and oxygen atoms in total. The first kappa shape index (κ1) is 17.7. The van der Waals surface area contributed by atoms with Crippen LogP contribution in [0, 0.1) is 12.4 Å². The lowest BCUT2D eigenvalue weighted by atomic mass is 10.4. The second-order valence-electron chi connectivity index (χ2n) is 5.23. The summed E-state index contributed by atoms with van der Waals surface area (Å²) in [5.41, 5.74) is 0. The first-order valence-corrected chi connectivity index (χ1v) is 9.39. The summed E-state index contributed by atoms with van der Waals surface area (Å²) in [5, 5.41) is 4.07. The van der Waals surface area contributed by atoms with Gasteiger partial charge in [0.25, 0.3) is 0 Å². The van der Waals surface area contributed by atoms with Gasteiger partial charge in [-0.3, -0.25) is 0 Å². The molecule has 0 aliphatic carbocycles. The van der Waals surface area contributed by atoms with Crippen molar-refractivity contribution in [2.24, 2.45) is 0 Å². The van der Waals surface area contributed by atoms with Gasteiger partial charge in [-0.1, -0.05) is 54.6 Å². The molecular formula is C20H22ClOP+2. The molecule has 23 heavy (non-hydrogen) atoms. The molecule has 0 heterocycles. The highest BCUT2D eigenvalue weighted by Gasteiger charge is 2.45. The van der Waals surface area contributed by atoms with Crippen molar-refractivity contribution in [3.8, 4) is 0 Å². The summed E-state index contributed by atoms with van der Waals surface area (Å²) in [6.45, 7) is 0. The summed E-state index contributed by atoms with van der Waals surface area (Å²) in [4.78, 5) is 0. The Bertz CT molecular complexity index is 605. The zero-order valence-electron chi connectivity index (χ0n) is 13.2. The van der Waals surface area contributed by atoms with Crippen LogP contribution < -0.4 is 15.9 Å². The predicted octanol–water partition coefficient (Wildman–Crippen LogP) is 3.05. The number of halogens is 1. The molecule has 3 heteroatoms. The molecule has 0 saturated carbocycles. The summed E-state index contributed by atoms with van der Waals surface area (Å²) in [6, 6.07) is 32.3. The smallest absolute Gasteiger partial charge is 0.170 e. The van der Waals surface area contributed by atoms with Gasteiger partial charge in [0.05, 0.1) is 12.4 Å². The molecule has 0 unspecified atom stereocenters. The molecule has 0 fully saturated rings. The molecule has 0 spiro atoms. The van der Waals surface area contributed by atoms with Crippen LogP contribution in [0.3, 0.4) is 0 Å². The maximum atomic E-state index is 5.72. The summed E-state index contributed by atoms with van der Waals surface area (Å²) >= 11 is 0. The van der Waals surface area contributed by atoms with E-state index in [0.29, 0.717) is 6.35 Å². The Morgan fingerprint density at radius 1 is 0.609 bits per heavy atom. The minimum Gasteiger partial charge on any atom is -0.348 e. The number of methoxy groups -OCH3 is 1. The number of benzene rings is 3. The highest BCUT2D eigenvalue weighted by atomic mass is 35.5. The van der Waals surface area contributed by atoms with Crippen LogP contribution >= 0.6 is 7.26 Å². The van der Waals surface area contributed by atoms with Crippen LogP contribution in [0.2, 0.25) is 0 Å². The fraction of sp³-hybridized carbons (Fsp3) is 0.100. The Labute approximate surface area is 145 Å². The van der Waals surface area contributed by atoms with E-state index in [2.05, 4.69) is 91.0 Å². The Hall–Kier alpha value is -1.66. The third-order valence-corrected chi connectivity index (χ3v) is 8.10. The number of hydrogen-bond donors (Lipinski definition) is 0. The summed E-state index contributed by atoms with van der Waals surface area (Å²) in [6.07, 6.45) is 0.713. The number of hydrogen-bond acceptors (Lipinski definition) is 1. The van der Waals surface area contributed by atoms with Crippen LogP contribution in [0.4, 0.5) is 0 Å². The van der Waals surface area contributed by atoms with E-state index in [1.807, 2.05) is 0 Å². The zero-order chi connectivity index (χ0) is 15.3. The minimum absolute atomic E-state index is 0. The normalized spacial score (nSPS) is 10.8. The van der Waals surface area contributed by atoms with Gasteiger partial charge < -0.3 is 4.74 Å². The molecule has 3 aromatic rings. The van der Waals surface area contributed by atoms with Crippen molar-refractivity contribution in [3.05, 3.63) is 91.0 Å². The van der Waals surface area contributed by atoms with Crippen LogP contribution in [0.25, 0.3) is 0 Å². The largest absolute Gasteiger partial charge is 0.348 e. The first-order chi connectivity index (χ1) is 10.9. The van der Waals surface area contributed by atoms with Gasteiger partial charge in [-0.2, -0.15) is 0 Å². The van der Waals surface area contributed by atoms with Crippen molar-refractivity contribution in [1.29, 1.82) is 0 Å². The van der Waals surface area contributed by atoms with Crippen molar-refractivity contribution >= 4 is 23.2 Å². The predicted molar refractivity (Wildman–Crippen MR) is 99.8 cm³/mol. The van der Waals surface area contributed by atoms with E-state index in [1.165, 1.54) is 15.9 Å². The summed E-state index contributed by atoms with van der Waals surface area (Å²) in [5.74, 6) is 0. The fourth-order valence-electron chi connectivity index (χ4n) is 2.91. The highest BCUT2D eigenvalue weighted by molar-refractivity contribution is 7.95. The molecule has 0 amide bonds. The van der Waals surface area contributed by atoms with Crippen LogP contribution in [-0.4, -0.2) is 13.5 Å². The Kier molecular flexibility index (Phi) is 6.36. The van der Waals surface area contributed by atoms with E-state index in [4.69, 9.17) is 4.74 Å². The molecule has 0 atom stereocenters. The van der Waals surface area contributed by atoms with E-state index < -0.39 is 7.26 Å². The molecule has 0 radical (unpaired) electrons. The first-order valence-electron chi connectivity index (χ1n) is 7.42. The van der Waals surface area contributed by atoms with Crippen LogP contribution in [-0.2, 0) is 4.74 Å². The molecule has 0 bridgehead atoms. The Morgan fingerprint density at radius 3 is 1.17 bits per heavy atom. The van der Waals surface area contributed by atoms with Gasteiger partial charge >= 0.3 is 0 Å². The number of ether oxygens (including phenoxy) is 1. The molecule has 0 aliphatic heterocycles. The molecule has 0 saturated heterocycles. The molecule has 3 rings (SSSR count). The average Bonchev–Trinajstić information content (AvgIpc) is 2.62. The van der Waals surface area contributed by atoms with Crippen LogP contribution in [0.5, 0.6) is 0 Å². The molecule has 0 aliphatic rings. The summed E-state index contributed by atoms with van der Waals surface area (Å²) in [7, 11) is 0.0197. The Morgan fingerprint density at radius 2 is 0.913 bits per heavy atom. The topological polar surface area (TPSA) is 9.23 Å². The van der Waals surface area contributed by atoms with Crippen LogP contribution in [0.15, 0.2) is 91.0 Å². The highest BCUT2D eigenvalue weighted by Crippen LogP contribution is 2.54. The van der Waals surface area contributed by atoms with Gasteiger partial charge in [-0.25, -0.2) is 0 Å². The Balaban J connectivity index is 0.00000192. The molecule has 3 aromatic carbocycles. The van der Waals surface area contributed by atoms with Crippen LogP contribution in [0.1, 0.15) is 0 Å². The van der Waals surface area contributed by atoms with E-state index in [-0.39, 0.29) is 12.4 Å². The van der Waals surface area contributed by atoms with Gasteiger partial charge in [-0.15, -0.1) is 0 Å². The van der Waals surface area contributed by atoms with Gasteiger partial charge in [0.1, 0.15) is 23.2 Å². The molecular weight excluding hydrogens is 323 g/mol. The maximum Gasteiger partial charge on any atom is 0.170 e. The second kappa shape index (κ2) is 8.26. The van der Waals surface area contributed by atoms with E-state index in [1.54, 1.807) is 7.11 Å². The molecule has 0 aromatic heterocycles.